The van der Waals surface area contributed by atoms with Crippen molar-refractivity contribution in [1.29, 1.82) is 0 Å². The Morgan fingerprint density at radius 2 is 1.96 bits per heavy atom. The summed E-state index contributed by atoms with van der Waals surface area (Å²) in [5.41, 5.74) is 2.98. The molecule has 1 heterocycles. The van der Waals surface area contributed by atoms with Crippen LogP contribution in [0.5, 0.6) is 5.75 Å². The number of hydrogen-bond donors (Lipinski definition) is 0. The van der Waals surface area contributed by atoms with Gasteiger partial charge in [-0.05, 0) is 55.3 Å². The van der Waals surface area contributed by atoms with Crippen LogP contribution in [0.25, 0.3) is 10.9 Å². The Hall–Kier alpha value is -2.07. The van der Waals surface area contributed by atoms with Crippen LogP contribution in [0.4, 0.5) is 0 Å². The van der Waals surface area contributed by atoms with Gasteiger partial charge in [-0.3, -0.25) is 4.79 Å². The van der Waals surface area contributed by atoms with Crippen LogP contribution in [0.2, 0.25) is 0 Å². The smallest absolute Gasteiger partial charge is 0.159 e. The first-order valence-corrected chi connectivity index (χ1v) is 9.24. The molecule has 0 fully saturated rings. The molecule has 0 amide bonds. The van der Waals surface area contributed by atoms with E-state index < -0.39 is 0 Å². The van der Waals surface area contributed by atoms with Gasteiger partial charge in [0.05, 0.1) is 13.2 Å². The Morgan fingerprint density at radius 1 is 1.16 bits per heavy atom. The lowest BCUT2D eigenvalue weighted by atomic mass is 10.1. The minimum absolute atomic E-state index is 0.0889. The molecule has 0 unspecified atom stereocenters. The zero-order valence-electron chi connectivity index (χ0n) is 14.8. The lowest BCUT2D eigenvalue weighted by molar-refractivity contribution is 0.101. The number of ketones is 1. The molecule has 0 saturated heterocycles. The van der Waals surface area contributed by atoms with E-state index in [1.165, 1.54) is 0 Å². The molecule has 0 N–H and O–H groups in total. The van der Waals surface area contributed by atoms with Crippen molar-refractivity contribution in [2.75, 3.05) is 6.61 Å². The highest BCUT2D eigenvalue weighted by Gasteiger charge is 2.10. The summed E-state index contributed by atoms with van der Waals surface area (Å²) in [5, 5.41) is 1.08. The molecule has 25 heavy (non-hydrogen) atoms. The Balaban J connectivity index is 1.93. The van der Waals surface area contributed by atoms with Gasteiger partial charge in [0, 0.05) is 32.7 Å². The lowest BCUT2D eigenvalue weighted by Gasteiger charge is -2.15. The van der Waals surface area contributed by atoms with Gasteiger partial charge in [0.15, 0.2) is 5.78 Å². The first kappa shape index (κ1) is 17.7. The van der Waals surface area contributed by atoms with Crippen LogP contribution in [-0.2, 0) is 6.54 Å². The van der Waals surface area contributed by atoms with Gasteiger partial charge in [0.2, 0.25) is 0 Å². The van der Waals surface area contributed by atoms with Crippen LogP contribution < -0.4 is 4.74 Å². The molecule has 0 bridgehead atoms. The van der Waals surface area contributed by atoms with Crippen molar-refractivity contribution < 1.29 is 9.53 Å². The molecular formula is C21H22BrNO2. The van der Waals surface area contributed by atoms with E-state index in [1.54, 1.807) is 6.92 Å². The second-order valence-electron chi connectivity index (χ2n) is 6.73. The summed E-state index contributed by atoms with van der Waals surface area (Å²) in [7, 11) is 0. The van der Waals surface area contributed by atoms with Crippen molar-refractivity contribution in [2.24, 2.45) is 5.92 Å². The Kier molecular flexibility index (Phi) is 5.28. The topological polar surface area (TPSA) is 31.2 Å². The molecule has 3 nitrogen and oxygen atoms in total. The zero-order valence-corrected chi connectivity index (χ0v) is 16.3. The van der Waals surface area contributed by atoms with Crippen LogP contribution in [0.1, 0.15) is 36.7 Å². The van der Waals surface area contributed by atoms with E-state index in [-0.39, 0.29) is 5.78 Å². The number of Topliss-reactive ketones (excluding diaryl/α,β-unsaturated/α-hetero) is 1. The fourth-order valence-electron chi connectivity index (χ4n) is 2.81. The van der Waals surface area contributed by atoms with E-state index in [0.717, 1.165) is 38.8 Å². The molecule has 2 aromatic carbocycles. The van der Waals surface area contributed by atoms with Crippen molar-refractivity contribution in [1.82, 2.24) is 4.57 Å². The quantitative estimate of drug-likeness (QED) is 0.498. The molecule has 0 aliphatic heterocycles. The van der Waals surface area contributed by atoms with Crippen LogP contribution in [0.15, 0.2) is 53.1 Å². The average Bonchev–Trinajstić information content (AvgIpc) is 2.96. The highest BCUT2D eigenvalue weighted by atomic mass is 79.9. The third-order valence-corrected chi connectivity index (χ3v) is 4.61. The van der Waals surface area contributed by atoms with E-state index in [0.29, 0.717) is 12.5 Å². The van der Waals surface area contributed by atoms with Gasteiger partial charge in [-0.25, -0.2) is 0 Å². The van der Waals surface area contributed by atoms with Gasteiger partial charge >= 0.3 is 0 Å². The molecule has 4 heteroatoms. The third-order valence-electron chi connectivity index (χ3n) is 4.11. The third kappa shape index (κ3) is 4.13. The zero-order chi connectivity index (χ0) is 18.0. The molecule has 0 radical (unpaired) electrons. The second-order valence-corrected chi connectivity index (χ2v) is 7.65. The summed E-state index contributed by atoms with van der Waals surface area (Å²) < 4.78 is 9.21. The van der Waals surface area contributed by atoms with Crippen LogP contribution >= 0.6 is 15.9 Å². The van der Waals surface area contributed by atoms with Crippen LogP contribution in [0, 0.1) is 5.92 Å². The molecule has 0 saturated carbocycles. The van der Waals surface area contributed by atoms with Crippen LogP contribution in [-0.4, -0.2) is 17.0 Å². The van der Waals surface area contributed by atoms with Gasteiger partial charge in [0.1, 0.15) is 5.75 Å². The van der Waals surface area contributed by atoms with Gasteiger partial charge in [-0.15, -0.1) is 0 Å². The van der Waals surface area contributed by atoms with Gasteiger partial charge in [-0.2, -0.15) is 0 Å². The van der Waals surface area contributed by atoms with Gasteiger partial charge < -0.3 is 9.30 Å². The number of carbonyl (C=O) groups is 1. The molecule has 0 atom stereocenters. The van der Waals surface area contributed by atoms with Gasteiger partial charge in [0.25, 0.3) is 0 Å². The number of nitrogens with zero attached hydrogens (tertiary/aromatic N) is 1. The maximum Gasteiger partial charge on any atom is 0.159 e. The Morgan fingerprint density at radius 3 is 2.68 bits per heavy atom. The van der Waals surface area contributed by atoms with Crippen molar-refractivity contribution >= 4 is 32.6 Å². The van der Waals surface area contributed by atoms with Crippen molar-refractivity contribution in [3.63, 3.8) is 0 Å². The van der Waals surface area contributed by atoms with Crippen molar-refractivity contribution in [3.8, 4) is 5.75 Å². The molecule has 3 rings (SSSR count). The number of benzene rings is 2. The van der Waals surface area contributed by atoms with Crippen LogP contribution in [0.3, 0.4) is 0 Å². The fraction of sp³-hybridized carbons (Fsp3) is 0.286. The standard InChI is InChI=1S/C21H22BrNO2/c1-14(2)13-25-21-7-5-19(22)11-18(21)12-23-9-8-17-10-16(15(3)24)4-6-20(17)23/h4-11,14H,12-13H2,1-3H3. The maximum absolute atomic E-state index is 11.6. The fourth-order valence-corrected chi connectivity index (χ4v) is 3.22. The monoisotopic (exact) mass is 399 g/mol. The highest BCUT2D eigenvalue weighted by molar-refractivity contribution is 9.10. The normalized spacial score (nSPS) is 11.2. The number of ether oxygens (including phenoxy) is 1. The largest absolute Gasteiger partial charge is 0.493 e. The maximum atomic E-state index is 11.6. The molecule has 130 valence electrons. The number of halogens is 1. The van der Waals surface area contributed by atoms with E-state index >= 15 is 0 Å². The molecular weight excluding hydrogens is 378 g/mol. The Labute approximate surface area is 156 Å². The molecule has 3 aromatic rings. The lowest BCUT2D eigenvalue weighted by Crippen LogP contribution is -2.08. The predicted octanol–water partition coefficient (Wildman–Crippen LogP) is 5.69. The first-order chi connectivity index (χ1) is 11.9. The highest BCUT2D eigenvalue weighted by Crippen LogP contribution is 2.27. The predicted molar refractivity (Wildman–Crippen MR) is 106 cm³/mol. The van der Waals surface area contributed by atoms with E-state index in [1.807, 2.05) is 30.3 Å². The summed E-state index contributed by atoms with van der Waals surface area (Å²) in [6.07, 6.45) is 2.06. The van der Waals surface area contributed by atoms with Crippen molar-refractivity contribution in [2.45, 2.75) is 27.3 Å². The molecule has 0 aliphatic carbocycles. The summed E-state index contributed by atoms with van der Waals surface area (Å²) >= 11 is 3.55. The summed E-state index contributed by atoms with van der Waals surface area (Å²) in [4.78, 5) is 11.6. The molecule has 0 aliphatic rings. The minimum Gasteiger partial charge on any atom is -0.493 e. The van der Waals surface area contributed by atoms with E-state index in [9.17, 15) is 4.79 Å². The Bertz CT molecular complexity index is 911. The molecule has 0 spiro atoms. The number of aromatic nitrogens is 1. The molecule has 1 aromatic heterocycles. The average molecular weight is 400 g/mol. The number of hydrogen-bond acceptors (Lipinski definition) is 2. The number of rotatable bonds is 6. The SMILES string of the molecule is CC(=O)c1ccc2c(ccn2Cc2cc(Br)ccc2OCC(C)C)c1. The van der Waals surface area contributed by atoms with E-state index in [4.69, 9.17) is 4.74 Å². The van der Waals surface area contributed by atoms with Crippen molar-refractivity contribution in [3.05, 3.63) is 64.3 Å². The summed E-state index contributed by atoms with van der Waals surface area (Å²) in [5.74, 6) is 1.49. The number of fused-ring (bicyclic) bond motifs is 1. The summed E-state index contributed by atoms with van der Waals surface area (Å²) in [6, 6.07) is 14.0. The second kappa shape index (κ2) is 7.44. The van der Waals surface area contributed by atoms with Gasteiger partial charge in [-0.1, -0.05) is 29.8 Å². The number of carbonyl (C=O) groups excluding carboxylic acids is 1. The first-order valence-electron chi connectivity index (χ1n) is 8.45. The van der Waals surface area contributed by atoms with E-state index in [2.05, 4.69) is 52.7 Å². The summed E-state index contributed by atoms with van der Waals surface area (Å²) in [6.45, 7) is 7.30. The minimum atomic E-state index is 0.0889.